The van der Waals surface area contributed by atoms with Gasteiger partial charge in [0.25, 0.3) is 0 Å². The Balaban J connectivity index is 4.29. The molecule has 0 amide bonds. The fourth-order valence-electron chi connectivity index (χ4n) is 9.50. The first-order chi connectivity index (χ1) is 39.0. The van der Waals surface area contributed by atoms with E-state index in [1.165, 1.54) is 167 Å². The largest absolute Gasteiger partial charge is 0.462 e. The number of hydrogen-bond donors (Lipinski definition) is 0. The summed E-state index contributed by atoms with van der Waals surface area (Å²) in [5, 5.41) is 0. The van der Waals surface area contributed by atoms with Gasteiger partial charge in [-0.05, 0) is 116 Å². The van der Waals surface area contributed by atoms with Crippen molar-refractivity contribution in [3.05, 3.63) is 97.2 Å². The zero-order chi connectivity index (χ0) is 57.1. The lowest BCUT2D eigenvalue weighted by Gasteiger charge is -2.18. The summed E-state index contributed by atoms with van der Waals surface area (Å²) in [5.41, 5.74) is 0. The summed E-state index contributed by atoms with van der Waals surface area (Å²) >= 11 is 0. The number of hydrogen-bond acceptors (Lipinski definition) is 6. The van der Waals surface area contributed by atoms with Gasteiger partial charge in [0.1, 0.15) is 13.2 Å². The molecule has 0 N–H and O–H groups in total. The minimum absolute atomic E-state index is 0.0824. The van der Waals surface area contributed by atoms with Gasteiger partial charge < -0.3 is 14.2 Å². The second-order valence-electron chi connectivity index (χ2n) is 22.3. The Morgan fingerprint density at radius 3 is 0.823 bits per heavy atom. The van der Waals surface area contributed by atoms with Crippen molar-refractivity contribution in [3.8, 4) is 0 Å². The average Bonchev–Trinajstić information content (AvgIpc) is 3.45. The molecule has 0 aromatic rings. The van der Waals surface area contributed by atoms with Gasteiger partial charge in [-0.15, -0.1) is 0 Å². The first kappa shape index (κ1) is 75.3. The maximum Gasteiger partial charge on any atom is 0.306 e. The van der Waals surface area contributed by atoms with Gasteiger partial charge in [0.2, 0.25) is 0 Å². The van der Waals surface area contributed by atoms with Crippen LogP contribution in [0, 0.1) is 0 Å². The normalized spacial score (nSPS) is 12.7. The maximum atomic E-state index is 12.9. The van der Waals surface area contributed by atoms with Crippen LogP contribution in [-0.4, -0.2) is 37.2 Å². The van der Waals surface area contributed by atoms with E-state index < -0.39 is 6.10 Å². The summed E-state index contributed by atoms with van der Waals surface area (Å²) in [7, 11) is 0. The highest BCUT2D eigenvalue weighted by Gasteiger charge is 2.19. The molecule has 6 heteroatoms. The van der Waals surface area contributed by atoms with Crippen LogP contribution >= 0.6 is 0 Å². The van der Waals surface area contributed by atoms with Crippen LogP contribution in [-0.2, 0) is 28.6 Å². The van der Waals surface area contributed by atoms with Gasteiger partial charge in [-0.25, -0.2) is 0 Å². The number of unbranched alkanes of at least 4 members (excludes halogenated alkanes) is 34. The Labute approximate surface area is 489 Å². The van der Waals surface area contributed by atoms with Crippen LogP contribution in [0.2, 0.25) is 0 Å². The fraction of sp³-hybridized carbons (Fsp3) is 0.740. The lowest BCUT2D eigenvalue weighted by atomic mass is 10.0. The van der Waals surface area contributed by atoms with Crippen LogP contribution in [0.15, 0.2) is 97.2 Å². The molecule has 0 saturated carbocycles. The van der Waals surface area contributed by atoms with Gasteiger partial charge in [0.05, 0.1) is 0 Å². The van der Waals surface area contributed by atoms with Gasteiger partial charge in [-0.2, -0.15) is 0 Å². The van der Waals surface area contributed by atoms with E-state index >= 15 is 0 Å². The number of esters is 3. The van der Waals surface area contributed by atoms with E-state index in [1.807, 2.05) is 0 Å². The predicted octanol–water partition coefficient (Wildman–Crippen LogP) is 23.2. The molecular weight excluding hydrogens is 973 g/mol. The topological polar surface area (TPSA) is 78.9 Å². The van der Waals surface area contributed by atoms with E-state index in [1.54, 1.807) is 0 Å². The summed E-state index contributed by atoms with van der Waals surface area (Å²) in [4.78, 5) is 38.4. The molecule has 0 aliphatic heterocycles. The standard InChI is InChI=1S/C73H126O6/c1-4-7-10-13-16-19-22-25-27-29-31-33-34-35-36-37-38-40-41-43-45-48-51-54-57-60-63-66-72(75)78-69-70(68-77-71(74)65-62-59-56-53-50-47-24-21-18-15-12-9-6-3)79-73(76)67-64-61-58-55-52-49-46-44-42-39-32-30-28-26-23-20-17-14-11-8-5-2/h7,10,12,15-16,19,21,23-27,30-33,70H,4-6,8-9,11,13-14,17-18,20,22,28-29,34-69H2,1-3H3/b10-7-,15-12-,19-16-,24-21-,26-23-,27-25-,32-30-,33-31-. The maximum absolute atomic E-state index is 12.9. The van der Waals surface area contributed by atoms with Gasteiger partial charge >= 0.3 is 17.9 Å². The summed E-state index contributed by atoms with van der Waals surface area (Å²) in [6.45, 7) is 6.47. The number of ether oxygens (including phenoxy) is 3. The summed E-state index contributed by atoms with van der Waals surface area (Å²) in [6, 6.07) is 0. The number of allylic oxidation sites excluding steroid dienone is 16. The molecule has 0 fully saturated rings. The third-order valence-electron chi connectivity index (χ3n) is 14.5. The van der Waals surface area contributed by atoms with Gasteiger partial charge in [-0.3, -0.25) is 14.4 Å². The molecule has 0 aliphatic rings. The molecule has 0 bridgehead atoms. The van der Waals surface area contributed by atoms with Crippen LogP contribution < -0.4 is 0 Å². The molecule has 0 spiro atoms. The third kappa shape index (κ3) is 65.0. The molecule has 454 valence electrons. The van der Waals surface area contributed by atoms with E-state index in [-0.39, 0.29) is 31.1 Å². The first-order valence-electron chi connectivity index (χ1n) is 33.7. The quantitative estimate of drug-likeness (QED) is 0.0261. The van der Waals surface area contributed by atoms with Gasteiger partial charge in [0, 0.05) is 19.3 Å². The highest BCUT2D eigenvalue weighted by atomic mass is 16.6. The molecule has 0 aliphatic carbocycles. The van der Waals surface area contributed by atoms with Crippen molar-refractivity contribution in [2.75, 3.05) is 13.2 Å². The van der Waals surface area contributed by atoms with Crippen LogP contribution in [0.25, 0.3) is 0 Å². The first-order valence-corrected chi connectivity index (χ1v) is 33.7. The fourth-order valence-corrected chi connectivity index (χ4v) is 9.50. The number of rotatable bonds is 61. The Morgan fingerprint density at radius 2 is 0.519 bits per heavy atom. The van der Waals surface area contributed by atoms with Gasteiger partial charge in [-0.1, -0.05) is 291 Å². The van der Waals surface area contributed by atoms with Crippen LogP contribution in [0.5, 0.6) is 0 Å². The van der Waals surface area contributed by atoms with Crippen molar-refractivity contribution in [3.63, 3.8) is 0 Å². The Hall–Kier alpha value is -3.67. The minimum Gasteiger partial charge on any atom is -0.462 e. The Morgan fingerprint density at radius 1 is 0.266 bits per heavy atom. The SMILES string of the molecule is CC/C=C\C/C=C\C/C=C\C/C=C\CCCCCCCCCCCCCCCCC(=O)OCC(COC(=O)CCCCCCC/C=C\C/C=C\CCC)OC(=O)CCCCCCCCCCC/C=C\C/C=C\CCCCCCC. The predicted molar refractivity (Wildman–Crippen MR) is 344 cm³/mol. The van der Waals surface area contributed by atoms with Crippen LogP contribution in [0.1, 0.15) is 329 Å². The van der Waals surface area contributed by atoms with Crippen LogP contribution in [0.3, 0.4) is 0 Å². The van der Waals surface area contributed by atoms with E-state index in [4.69, 9.17) is 14.2 Å². The van der Waals surface area contributed by atoms with Crippen LogP contribution in [0.4, 0.5) is 0 Å². The zero-order valence-electron chi connectivity index (χ0n) is 52.1. The highest BCUT2D eigenvalue weighted by Crippen LogP contribution is 2.17. The summed E-state index contributed by atoms with van der Waals surface area (Å²) < 4.78 is 16.9. The lowest BCUT2D eigenvalue weighted by molar-refractivity contribution is -0.167. The molecular formula is C73H126O6. The zero-order valence-corrected chi connectivity index (χ0v) is 52.1. The van der Waals surface area contributed by atoms with Crippen molar-refractivity contribution in [2.45, 2.75) is 335 Å². The molecule has 0 heterocycles. The molecule has 0 aromatic carbocycles. The molecule has 0 rings (SSSR count). The molecule has 0 radical (unpaired) electrons. The highest BCUT2D eigenvalue weighted by molar-refractivity contribution is 5.71. The Bertz CT molecular complexity index is 1540. The van der Waals surface area contributed by atoms with Crippen molar-refractivity contribution < 1.29 is 28.6 Å². The average molecular weight is 1100 g/mol. The van der Waals surface area contributed by atoms with Crippen molar-refractivity contribution in [1.82, 2.24) is 0 Å². The van der Waals surface area contributed by atoms with Crippen molar-refractivity contribution in [2.24, 2.45) is 0 Å². The van der Waals surface area contributed by atoms with Gasteiger partial charge in [0.15, 0.2) is 6.10 Å². The van der Waals surface area contributed by atoms with E-state index in [0.717, 1.165) is 122 Å². The van der Waals surface area contributed by atoms with E-state index in [0.29, 0.717) is 19.3 Å². The van der Waals surface area contributed by atoms with E-state index in [2.05, 4.69) is 118 Å². The third-order valence-corrected chi connectivity index (χ3v) is 14.5. The molecule has 79 heavy (non-hydrogen) atoms. The molecule has 0 aromatic heterocycles. The summed E-state index contributed by atoms with van der Waals surface area (Å²) in [5.74, 6) is -0.889. The smallest absolute Gasteiger partial charge is 0.306 e. The monoisotopic (exact) mass is 1100 g/mol. The second-order valence-corrected chi connectivity index (χ2v) is 22.3. The lowest BCUT2D eigenvalue weighted by Crippen LogP contribution is -2.30. The van der Waals surface area contributed by atoms with Crippen molar-refractivity contribution in [1.29, 1.82) is 0 Å². The number of carbonyl (C=O) groups excluding carboxylic acids is 3. The summed E-state index contributed by atoms with van der Waals surface area (Å²) in [6.07, 6.45) is 89.9. The van der Waals surface area contributed by atoms with E-state index in [9.17, 15) is 14.4 Å². The Kier molecular flexibility index (Phi) is 63.7. The number of carbonyl (C=O) groups is 3. The molecule has 6 nitrogen and oxygen atoms in total. The molecule has 0 saturated heterocycles. The van der Waals surface area contributed by atoms with Crippen molar-refractivity contribution >= 4 is 17.9 Å². The molecule has 1 unspecified atom stereocenters. The molecule has 1 atom stereocenters. The second kappa shape index (κ2) is 66.8. The minimum atomic E-state index is -0.787.